The topological polar surface area (TPSA) is 20.2 Å². The molecule has 1 N–H and O–H groups in total. The first-order chi connectivity index (χ1) is 8.59. The van der Waals surface area contributed by atoms with Crippen molar-refractivity contribution in [2.75, 3.05) is 0 Å². The lowest BCUT2D eigenvalue weighted by Crippen LogP contribution is -2.06. The van der Waals surface area contributed by atoms with Crippen LogP contribution < -0.4 is 0 Å². The Kier molecular flexibility index (Phi) is 3.72. The summed E-state index contributed by atoms with van der Waals surface area (Å²) < 4.78 is 27.1. The largest absolute Gasteiger partial charge is 0.388 e. The van der Waals surface area contributed by atoms with Crippen LogP contribution in [0.2, 0.25) is 0 Å². The van der Waals surface area contributed by atoms with Gasteiger partial charge in [-0.05, 0) is 18.1 Å². The maximum atomic E-state index is 13.7. The molecule has 0 amide bonds. The second-order valence-electron chi connectivity index (χ2n) is 4.31. The molecule has 0 aliphatic rings. The Morgan fingerprint density at radius 3 is 2.33 bits per heavy atom. The lowest BCUT2D eigenvalue weighted by Gasteiger charge is -2.13. The highest BCUT2D eigenvalue weighted by molar-refractivity contribution is 5.28. The molecule has 2 aromatic rings. The molecule has 2 aromatic carbocycles. The van der Waals surface area contributed by atoms with E-state index in [1.807, 2.05) is 30.3 Å². The van der Waals surface area contributed by atoms with E-state index in [0.29, 0.717) is 0 Å². The minimum absolute atomic E-state index is 0.00181. The Bertz CT molecular complexity index is 538. The Hall–Kier alpha value is -1.74. The molecule has 0 fully saturated rings. The summed E-state index contributed by atoms with van der Waals surface area (Å²) in [6.45, 7) is 1.49. The number of halogens is 2. The van der Waals surface area contributed by atoms with Gasteiger partial charge in [0.25, 0.3) is 0 Å². The van der Waals surface area contributed by atoms with Crippen LogP contribution in [0, 0.1) is 18.6 Å². The van der Waals surface area contributed by atoms with Crippen molar-refractivity contribution in [1.29, 1.82) is 0 Å². The second kappa shape index (κ2) is 5.27. The zero-order chi connectivity index (χ0) is 13.1. The van der Waals surface area contributed by atoms with Crippen LogP contribution in [0.25, 0.3) is 0 Å². The number of benzene rings is 2. The van der Waals surface area contributed by atoms with Crippen LogP contribution in [0.1, 0.15) is 22.8 Å². The fourth-order valence-corrected chi connectivity index (χ4v) is 1.87. The smallest absolute Gasteiger partial charge is 0.164 e. The molecule has 0 heterocycles. The van der Waals surface area contributed by atoms with E-state index in [1.165, 1.54) is 19.1 Å². The van der Waals surface area contributed by atoms with Crippen molar-refractivity contribution in [3.63, 3.8) is 0 Å². The zero-order valence-electron chi connectivity index (χ0n) is 10.0. The number of aliphatic hydroxyl groups excluding tert-OH is 1. The first-order valence-corrected chi connectivity index (χ1v) is 5.76. The van der Waals surface area contributed by atoms with Gasteiger partial charge in [-0.2, -0.15) is 0 Å². The maximum absolute atomic E-state index is 13.7. The zero-order valence-corrected chi connectivity index (χ0v) is 10.0. The molecule has 94 valence electrons. The first kappa shape index (κ1) is 12.7. The van der Waals surface area contributed by atoms with Gasteiger partial charge >= 0.3 is 0 Å². The second-order valence-corrected chi connectivity index (χ2v) is 4.31. The standard InChI is InChI=1S/C15H14F2O/c1-10-7-8-12(15(17)14(10)16)13(18)9-11-5-3-2-4-6-11/h2-8,13,18H,9H2,1H3. The van der Waals surface area contributed by atoms with E-state index in [0.717, 1.165) is 5.56 Å². The van der Waals surface area contributed by atoms with Crippen molar-refractivity contribution in [2.24, 2.45) is 0 Å². The van der Waals surface area contributed by atoms with Gasteiger partial charge in [0.2, 0.25) is 0 Å². The summed E-state index contributed by atoms with van der Waals surface area (Å²) in [6, 6.07) is 12.1. The van der Waals surface area contributed by atoms with Gasteiger partial charge in [0.15, 0.2) is 11.6 Å². The summed E-state index contributed by atoms with van der Waals surface area (Å²) in [5.41, 5.74) is 1.12. The van der Waals surface area contributed by atoms with Gasteiger partial charge in [0.05, 0.1) is 6.10 Å². The summed E-state index contributed by atoms with van der Waals surface area (Å²) in [4.78, 5) is 0. The molecule has 0 aliphatic carbocycles. The molecule has 1 nitrogen and oxygen atoms in total. The Morgan fingerprint density at radius 1 is 1.00 bits per heavy atom. The summed E-state index contributed by atoms with van der Waals surface area (Å²) in [5.74, 6) is -1.85. The molecule has 18 heavy (non-hydrogen) atoms. The van der Waals surface area contributed by atoms with Crippen LogP contribution in [-0.2, 0) is 6.42 Å². The van der Waals surface area contributed by atoms with Gasteiger partial charge in [-0.3, -0.25) is 0 Å². The third-order valence-electron chi connectivity index (χ3n) is 2.94. The number of hydrogen-bond acceptors (Lipinski definition) is 1. The average Bonchev–Trinajstić information content (AvgIpc) is 2.37. The predicted octanol–water partition coefficient (Wildman–Crippen LogP) is 3.55. The highest BCUT2D eigenvalue weighted by Gasteiger charge is 2.17. The van der Waals surface area contributed by atoms with E-state index >= 15 is 0 Å². The summed E-state index contributed by atoms with van der Waals surface area (Å²) in [7, 11) is 0. The Balaban J connectivity index is 2.24. The minimum atomic E-state index is -1.04. The molecule has 3 heteroatoms. The number of hydrogen-bond donors (Lipinski definition) is 1. The van der Waals surface area contributed by atoms with Crippen LogP contribution in [0.3, 0.4) is 0 Å². The molecular formula is C15H14F2O. The van der Waals surface area contributed by atoms with Crippen molar-refractivity contribution in [3.05, 3.63) is 70.8 Å². The lowest BCUT2D eigenvalue weighted by atomic mass is 9.99. The van der Waals surface area contributed by atoms with Crippen LogP contribution in [0.5, 0.6) is 0 Å². The molecule has 0 saturated carbocycles. The van der Waals surface area contributed by atoms with Gasteiger partial charge in [-0.1, -0.05) is 42.5 Å². The summed E-state index contributed by atoms with van der Waals surface area (Å²) in [6.07, 6.45) is -0.775. The Morgan fingerprint density at radius 2 is 1.67 bits per heavy atom. The van der Waals surface area contributed by atoms with Crippen LogP contribution in [0.15, 0.2) is 42.5 Å². The number of aliphatic hydroxyl groups is 1. The monoisotopic (exact) mass is 248 g/mol. The van der Waals surface area contributed by atoms with Crippen molar-refractivity contribution in [3.8, 4) is 0 Å². The van der Waals surface area contributed by atoms with Gasteiger partial charge < -0.3 is 5.11 Å². The molecule has 0 saturated heterocycles. The highest BCUT2D eigenvalue weighted by Crippen LogP contribution is 2.24. The van der Waals surface area contributed by atoms with E-state index < -0.39 is 17.7 Å². The fourth-order valence-electron chi connectivity index (χ4n) is 1.87. The van der Waals surface area contributed by atoms with Gasteiger partial charge in [-0.15, -0.1) is 0 Å². The van der Waals surface area contributed by atoms with E-state index in [-0.39, 0.29) is 17.5 Å². The Labute approximate surface area is 105 Å². The molecule has 1 unspecified atom stereocenters. The van der Waals surface area contributed by atoms with Crippen LogP contribution in [-0.4, -0.2) is 5.11 Å². The lowest BCUT2D eigenvalue weighted by molar-refractivity contribution is 0.172. The van der Waals surface area contributed by atoms with Gasteiger partial charge in [0.1, 0.15) is 0 Å². The average molecular weight is 248 g/mol. The molecule has 0 aliphatic heterocycles. The van der Waals surface area contributed by atoms with Crippen molar-refractivity contribution in [2.45, 2.75) is 19.4 Å². The first-order valence-electron chi connectivity index (χ1n) is 5.76. The molecular weight excluding hydrogens is 234 g/mol. The number of rotatable bonds is 3. The van der Waals surface area contributed by atoms with Crippen LogP contribution in [0.4, 0.5) is 8.78 Å². The molecule has 1 atom stereocenters. The van der Waals surface area contributed by atoms with E-state index in [2.05, 4.69) is 0 Å². The predicted molar refractivity (Wildman–Crippen MR) is 66.2 cm³/mol. The third kappa shape index (κ3) is 2.57. The maximum Gasteiger partial charge on any atom is 0.164 e. The van der Waals surface area contributed by atoms with Crippen molar-refractivity contribution >= 4 is 0 Å². The minimum Gasteiger partial charge on any atom is -0.388 e. The van der Waals surface area contributed by atoms with Crippen molar-refractivity contribution in [1.82, 2.24) is 0 Å². The molecule has 0 aromatic heterocycles. The summed E-state index contributed by atoms with van der Waals surface area (Å²) >= 11 is 0. The van der Waals surface area contributed by atoms with Crippen molar-refractivity contribution < 1.29 is 13.9 Å². The molecule has 0 radical (unpaired) electrons. The third-order valence-corrected chi connectivity index (χ3v) is 2.94. The normalized spacial score (nSPS) is 12.4. The van der Waals surface area contributed by atoms with Gasteiger partial charge in [-0.25, -0.2) is 8.78 Å². The van der Waals surface area contributed by atoms with E-state index in [1.54, 1.807) is 0 Å². The molecule has 0 spiro atoms. The SMILES string of the molecule is Cc1ccc(C(O)Cc2ccccc2)c(F)c1F. The summed E-state index contributed by atoms with van der Waals surface area (Å²) in [5, 5.41) is 9.96. The van der Waals surface area contributed by atoms with Crippen LogP contribution >= 0.6 is 0 Å². The van der Waals surface area contributed by atoms with E-state index in [9.17, 15) is 13.9 Å². The molecule has 2 rings (SSSR count). The fraction of sp³-hybridized carbons (Fsp3) is 0.200. The van der Waals surface area contributed by atoms with Gasteiger partial charge in [0, 0.05) is 12.0 Å². The van der Waals surface area contributed by atoms with E-state index in [4.69, 9.17) is 0 Å². The quantitative estimate of drug-likeness (QED) is 0.880. The number of aryl methyl sites for hydroxylation is 1. The highest BCUT2D eigenvalue weighted by atomic mass is 19.2. The molecule has 0 bridgehead atoms.